The van der Waals surface area contributed by atoms with E-state index in [4.69, 9.17) is 11.6 Å². The highest BCUT2D eigenvalue weighted by Crippen LogP contribution is 2.26. The van der Waals surface area contributed by atoms with Gasteiger partial charge in [-0.25, -0.2) is 4.39 Å². The highest BCUT2D eigenvalue weighted by molar-refractivity contribution is 6.33. The number of benzene rings is 1. The van der Waals surface area contributed by atoms with E-state index in [9.17, 15) is 4.39 Å². The molecule has 0 spiro atoms. The van der Waals surface area contributed by atoms with Crippen LogP contribution in [0, 0.1) is 11.7 Å². The summed E-state index contributed by atoms with van der Waals surface area (Å²) >= 11 is 5.93. The first-order valence-electron chi connectivity index (χ1n) is 5.26. The van der Waals surface area contributed by atoms with Crippen molar-refractivity contribution >= 4 is 17.3 Å². The van der Waals surface area contributed by atoms with Crippen molar-refractivity contribution in [3.05, 3.63) is 29.0 Å². The van der Waals surface area contributed by atoms with Gasteiger partial charge in [-0.15, -0.1) is 0 Å². The molecule has 1 atom stereocenters. The smallest absolute Gasteiger partial charge is 0.147 e. The molecule has 0 aliphatic carbocycles. The normalized spacial score (nSPS) is 12.9. The van der Waals surface area contributed by atoms with Gasteiger partial charge in [0.1, 0.15) is 5.82 Å². The van der Waals surface area contributed by atoms with Crippen LogP contribution >= 0.6 is 11.6 Å². The van der Waals surface area contributed by atoms with Gasteiger partial charge in [0.2, 0.25) is 0 Å². The van der Waals surface area contributed by atoms with Crippen LogP contribution in [-0.4, -0.2) is 6.04 Å². The predicted octanol–water partition coefficient (Wildman–Crippen LogP) is 4.33. The lowest BCUT2D eigenvalue weighted by Gasteiger charge is -2.22. The first-order chi connectivity index (χ1) is 7.06. The molecule has 0 radical (unpaired) electrons. The number of hydrogen-bond donors (Lipinski definition) is 1. The largest absolute Gasteiger partial charge is 0.378 e. The van der Waals surface area contributed by atoms with Gasteiger partial charge >= 0.3 is 0 Å². The number of para-hydroxylation sites is 1. The number of hydrogen-bond acceptors (Lipinski definition) is 1. The van der Waals surface area contributed by atoms with Crippen LogP contribution in [0.3, 0.4) is 0 Å². The molecule has 0 amide bonds. The minimum Gasteiger partial charge on any atom is -0.378 e. The van der Waals surface area contributed by atoms with Gasteiger partial charge < -0.3 is 5.32 Å². The minimum atomic E-state index is -0.290. The van der Waals surface area contributed by atoms with Crippen LogP contribution in [-0.2, 0) is 0 Å². The third-order valence-electron chi connectivity index (χ3n) is 2.54. The Kier molecular flexibility index (Phi) is 4.40. The number of rotatable bonds is 4. The molecule has 1 unspecified atom stereocenters. The lowest BCUT2D eigenvalue weighted by atomic mass is 10.0. The van der Waals surface area contributed by atoms with Crippen molar-refractivity contribution in [2.75, 3.05) is 5.32 Å². The first kappa shape index (κ1) is 12.3. The molecule has 0 aliphatic rings. The second kappa shape index (κ2) is 5.36. The van der Waals surface area contributed by atoms with Crippen molar-refractivity contribution in [1.82, 2.24) is 0 Å². The SMILES string of the molecule is CCC(Nc1c(F)cccc1Cl)C(C)C. The van der Waals surface area contributed by atoms with Gasteiger partial charge in [0.05, 0.1) is 10.7 Å². The van der Waals surface area contributed by atoms with Gasteiger partial charge in [-0.1, -0.05) is 38.4 Å². The van der Waals surface area contributed by atoms with Gasteiger partial charge in [-0.05, 0) is 24.5 Å². The van der Waals surface area contributed by atoms with Crippen molar-refractivity contribution < 1.29 is 4.39 Å². The van der Waals surface area contributed by atoms with Crippen LogP contribution in [0.25, 0.3) is 0 Å². The van der Waals surface area contributed by atoms with Crippen LogP contribution in [0.1, 0.15) is 27.2 Å². The van der Waals surface area contributed by atoms with Crippen LogP contribution in [0.15, 0.2) is 18.2 Å². The molecule has 1 nitrogen and oxygen atoms in total. The summed E-state index contributed by atoms with van der Waals surface area (Å²) in [5.74, 6) is 0.160. The average molecular weight is 230 g/mol. The van der Waals surface area contributed by atoms with Crippen molar-refractivity contribution in [2.45, 2.75) is 33.2 Å². The first-order valence-corrected chi connectivity index (χ1v) is 5.64. The Morgan fingerprint density at radius 2 is 2.07 bits per heavy atom. The molecule has 3 heteroatoms. The number of nitrogens with one attached hydrogen (secondary N) is 1. The van der Waals surface area contributed by atoms with E-state index < -0.39 is 0 Å². The fraction of sp³-hybridized carbons (Fsp3) is 0.500. The Morgan fingerprint density at radius 1 is 1.40 bits per heavy atom. The molecular formula is C12H17ClFN. The summed E-state index contributed by atoms with van der Waals surface area (Å²) < 4.78 is 13.5. The molecule has 84 valence electrons. The topological polar surface area (TPSA) is 12.0 Å². The summed E-state index contributed by atoms with van der Waals surface area (Å²) in [5, 5.41) is 3.60. The van der Waals surface area contributed by atoms with E-state index in [0.29, 0.717) is 16.6 Å². The lowest BCUT2D eigenvalue weighted by molar-refractivity contribution is 0.507. The Bertz CT molecular complexity index is 305. The van der Waals surface area contributed by atoms with E-state index in [2.05, 4.69) is 26.1 Å². The number of anilines is 1. The Labute approximate surface area is 95.6 Å². The van der Waals surface area contributed by atoms with Crippen molar-refractivity contribution in [2.24, 2.45) is 5.92 Å². The Morgan fingerprint density at radius 3 is 2.53 bits per heavy atom. The molecule has 0 fully saturated rings. The zero-order valence-corrected chi connectivity index (χ0v) is 10.1. The molecule has 0 saturated carbocycles. The molecule has 1 rings (SSSR count). The van der Waals surface area contributed by atoms with Crippen molar-refractivity contribution in [1.29, 1.82) is 0 Å². The predicted molar refractivity (Wildman–Crippen MR) is 63.9 cm³/mol. The lowest BCUT2D eigenvalue weighted by Crippen LogP contribution is -2.25. The summed E-state index contributed by atoms with van der Waals surface area (Å²) in [4.78, 5) is 0. The maximum absolute atomic E-state index is 13.5. The van der Waals surface area contributed by atoms with Gasteiger partial charge in [-0.3, -0.25) is 0 Å². The van der Waals surface area contributed by atoms with E-state index >= 15 is 0 Å². The molecule has 1 N–H and O–H groups in total. The van der Waals surface area contributed by atoms with E-state index in [-0.39, 0.29) is 11.9 Å². The summed E-state index contributed by atoms with van der Waals surface area (Å²) in [5.41, 5.74) is 0.416. The van der Waals surface area contributed by atoms with Gasteiger partial charge in [0, 0.05) is 6.04 Å². The molecular weight excluding hydrogens is 213 g/mol. The second-order valence-electron chi connectivity index (χ2n) is 4.00. The molecule has 1 aromatic carbocycles. The number of halogens is 2. The van der Waals surface area contributed by atoms with Crippen molar-refractivity contribution in [3.63, 3.8) is 0 Å². The third kappa shape index (κ3) is 3.10. The van der Waals surface area contributed by atoms with Crippen molar-refractivity contribution in [3.8, 4) is 0 Å². The maximum Gasteiger partial charge on any atom is 0.147 e. The quantitative estimate of drug-likeness (QED) is 0.811. The minimum absolute atomic E-state index is 0.249. The van der Waals surface area contributed by atoms with E-state index in [0.717, 1.165) is 6.42 Å². The summed E-state index contributed by atoms with van der Waals surface area (Å²) in [6.07, 6.45) is 0.947. The standard InChI is InChI=1S/C12H17ClFN/c1-4-11(8(2)3)15-12-9(13)6-5-7-10(12)14/h5-8,11,15H,4H2,1-3H3. The molecule has 0 heterocycles. The van der Waals surface area contributed by atoms with Crippen LogP contribution in [0.4, 0.5) is 10.1 Å². The highest BCUT2D eigenvalue weighted by Gasteiger charge is 2.14. The fourth-order valence-electron chi connectivity index (χ4n) is 1.56. The van der Waals surface area contributed by atoms with Gasteiger partial charge in [0.25, 0.3) is 0 Å². The zero-order valence-electron chi connectivity index (χ0n) is 9.35. The van der Waals surface area contributed by atoms with E-state index in [1.54, 1.807) is 12.1 Å². The van der Waals surface area contributed by atoms with Gasteiger partial charge in [-0.2, -0.15) is 0 Å². The highest BCUT2D eigenvalue weighted by atomic mass is 35.5. The molecule has 15 heavy (non-hydrogen) atoms. The summed E-state index contributed by atoms with van der Waals surface area (Å²) in [6, 6.07) is 4.97. The van der Waals surface area contributed by atoms with Crippen LogP contribution in [0.2, 0.25) is 5.02 Å². The maximum atomic E-state index is 13.5. The fourth-order valence-corrected chi connectivity index (χ4v) is 1.78. The van der Waals surface area contributed by atoms with Crippen LogP contribution < -0.4 is 5.32 Å². The average Bonchev–Trinajstić information content (AvgIpc) is 2.17. The Hall–Kier alpha value is -0.760. The van der Waals surface area contributed by atoms with E-state index in [1.807, 2.05) is 0 Å². The zero-order chi connectivity index (χ0) is 11.4. The molecule has 0 aliphatic heterocycles. The monoisotopic (exact) mass is 229 g/mol. The molecule has 0 aromatic heterocycles. The molecule has 0 saturated heterocycles. The third-order valence-corrected chi connectivity index (χ3v) is 2.85. The van der Waals surface area contributed by atoms with Crippen LogP contribution in [0.5, 0.6) is 0 Å². The van der Waals surface area contributed by atoms with E-state index in [1.165, 1.54) is 6.07 Å². The molecule has 0 bridgehead atoms. The van der Waals surface area contributed by atoms with Gasteiger partial charge in [0.15, 0.2) is 0 Å². The summed E-state index contributed by atoms with van der Waals surface area (Å²) in [6.45, 7) is 6.29. The second-order valence-corrected chi connectivity index (χ2v) is 4.41. The Balaban J connectivity index is 2.87. The molecule has 1 aromatic rings. The summed E-state index contributed by atoms with van der Waals surface area (Å²) in [7, 11) is 0.